The van der Waals surface area contributed by atoms with Gasteiger partial charge in [0.05, 0.1) is 6.04 Å². The van der Waals surface area contributed by atoms with Crippen LogP contribution in [0.25, 0.3) is 0 Å². The molecule has 2 atom stereocenters. The van der Waals surface area contributed by atoms with Gasteiger partial charge in [0.15, 0.2) is 0 Å². The standard InChI is InChI=1S/C18H28N2O2/c1-13(2)17(9-11-21)19-14(3)18(22)20-10-8-15-6-4-5-7-16(15)12-20/h4-7,13-14,17,19,21H,8-12H2,1-3H3/t14-,17+/m1/s1. The average Bonchev–Trinajstić information content (AvgIpc) is 2.53. The summed E-state index contributed by atoms with van der Waals surface area (Å²) in [4.78, 5) is 14.6. The second kappa shape index (κ2) is 7.75. The second-order valence-corrected chi connectivity index (χ2v) is 6.53. The Morgan fingerprint density at radius 1 is 1.27 bits per heavy atom. The van der Waals surface area contributed by atoms with Crippen LogP contribution in [0.5, 0.6) is 0 Å². The summed E-state index contributed by atoms with van der Waals surface area (Å²) in [5.41, 5.74) is 2.61. The zero-order chi connectivity index (χ0) is 16.1. The third kappa shape index (κ3) is 4.08. The third-order valence-corrected chi connectivity index (χ3v) is 4.52. The Balaban J connectivity index is 1.96. The largest absolute Gasteiger partial charge is 0.396 e. The van der Waals surface area contributed by atoms with E-state index in [9.17, 15) is 4.79 Å². The number of amides is 1. The molecule has 4 nitrogen and oxygen atoms in total. The van der Waals surface area contributed by atoms with E-state index in [0.717, 1.165) is 13.0 Å². The third-order valence-electron chi connectivity index (χ3n) is 4.52. The summed E-state index contributed by atoms with van der Waals surface area (Å²) >= 11 is 0. The van der Waals surface area contributed by atoms with Crippen molar-refractivity contribution in [3.63, 3.8) is 0 Å². The summed E-state index contributed by atoms with van der Waals surface area (Å²) < 4.78 is 0. The predicted octanol–water partition coefficient (Wildman–Crippen LogP) is 1.96. The summed E-state index contributed by atoms with van der Waals surface area (Å²) in [6, 6.07) is 8.29. The van der Waals surface area contributed by atoms with Crippen LogP contribution in [0, 0.1) is 5.92 Å². The first-order valence-corrected chi connectivity index (χ1v) is 8.25. The topological polar surface area (TPSA) is 52.6 Å². The van der Waals surface area contributed by atoms with Gasteiger partial charge in [-0.1, -0.05) is 38.1 Å². The van der Waals surface area contributed by atoms with Gasteiger partial charge in [-0.15, -0.1) is 0 Å². The molecule has 0 unspecified atom stereocenters. The molecule has 2 N–H and O–H groups in total. The maximum absolute atomic E-state index is 12.7. The van der Waals surface area contributed by atoms with Crippen LogP contribution in [0.15, 0.2) is 24.3 Å². The summed E-state index contributed by atoms with van der Waals surface area (Å²) in [7, 11) is 0. The number of rotatable bonds is 6. The van der Waals surface area contributed by atoms with Crippen molar-refractivity contribution in [3.05, 3.63) is 35.4 Å². The number of nitrogens with zero attached hydrogens (tertiary/aromatic N) is 1. The minimum absolute atomic E-state index is 0.147. The highest BCUT2D eigenvalue weighted by atomic mass is 16.3. The number of fused-ring (bicyclic) bond motifs is 1. The highest BCUT2D eigenvalue weighted by Gasteiger charge is 2.26. The molecule has 1 aliphatic rings. The molecule has 0 saturated heterocycles. The van der Waals surface area contributed by atoms with E-state index in [4.69, 9.17) is 5.11 Å². The van der Waals surface area contributed by atoms with E-state index in [1.165, 1.54) is 11.1 Å². The van der Waals surface area contributed by atoms with Gasteiger partial charge in [0.1, 0.15) is 0 Å². The molecule has 0 radical (unpaired) electrons. The number of aliphatic hydroxyl groups excluding tert-OH is 1. The molecular weight excluding hydrogens is 276 g/mol. The van der Waals surface area contributed by atoms with Crippen molar-refractivity contribution in [1.82, 2.24) is 10.2 Å². The van der Waals surface area contributed by atoms with Crippen molar-refractivity contribution in [2.45, 2.75) is 52.2 Å². The number of nitrogens with one attached hydrogen (secondary N) is 1. The smallest absolute Gasteiger partial charge is 0.239 e. The normalized spacial score (nSPS) is 17.2. The van der Waals surface area contributed by atoms with Crippen molar-refractivity contribution in [2.75, 3.05) is 13.2 Å². The van der Waals surface area contributed by atoms with Crippen LogP contribution in [-0.2, 0) is 17.8 Å². The number of hydrogen-bond acceptors (Lipinski definition) is 3. The molecule has 1 aromatic rings. The van der Waals surface area contributed by atoms with Crippen molar-refractivity contribution in [3.8, 4) is 0 Å². The molecule has 1 heterocycles. The van der Waals surface area contributed by atoms with E-state index in [1.807, 2.05) is 17.9 Å². The molecule has 0 spiro atoms. The zero-order valence-electron chi connectivity index (χ0n) is 13.9. The van der Waals surface area contributed by atoms with E-state index in [0.29, 0.717) is 18.9 Å². The quantitative estimate of drug-likeness (QED) is 0.845. The van der Waals surface area contributed by atoms with Gasteiger partial charge in [-0.25, -0.2) is 0 Å². The number of hydrogen-bond donors (Lipinski definition) is 2. The lowest BCUT2D eigenvalue weighted by Gasteiger charge is -2.33. The SMILES string of the molecule is CC(C)[C@H](CCO)N[C@H](C)C(=O)N1CCc2ccccc2C1. The maximum atomic E-state index is 12.7. The first-order chi connectivity index (χ1) is 10.5. The van der Waals surface area contributed by atoms with Gasteiger partial charge in [-0.3, -0.25) is 4.79 Å². The fourth-order valence-corrected chi connectivity index (χ4v) is 3.10. The van der Waals surface area contributed by atoms with Gasteiger partial charge in [0, 0.05) is 25.7 Å². The summed E-state index contributed by atoms with van der Waals surface area (Å²) in [6.45, 7) is 7.79. The van der Waals surface area contributed by atoms with Gasteiger partial charge in [-0.2, -0.15) is 0 Å². The molecule has 122 valence electrons. The van der Waals surface area contributed by atoms with E-state index >= 15 is 0 Å². The molecular formula is C18H28N2O2. The van der Waals surface area contributed by atoms with Gasteiger partial charge in [-0.05, 0) is 36.8 Å². The molecule has 0 aromatic heterocycles. The van der Waals surface area contributed by atoms with Gasteiger partial charge in [0.25, 0.3) is 0 Å². The number of carbonyl (C=O) groups is 1. The van der Waals surface area contributed by atoms with E-state index in [1.54, 1.807) is 0 Å². The summed E-state index contributed by atoms with van der Waals surface area (Å²) in [6.07, 6.45) is 1.61. The molecule has 0 fully saturated rings. The highest BCUT2D eigenvalue weighted by Crippen LogP contribution is 2.19. The van der Waals surface area contributed by atoms with E-state index in [2.05, 4.69) is 37.4 Å². The Labute approximate surface area is 133 Å². The average molecular weight is 304 g/mol. The Morgan fingerprint density at radius 3 is 2.59 bits per heavy atom. The molecule has 1 aliphatic heterocycles. The molecule has 2 rings (SSSR count). The Morgan fingerprint density at radius 2 is 1.95 bits per heavy atom. The lowest BCUT2D eigenvalue weighted by molar-refractivity contribution is -0.134. The lowest BCUT2D eigenvalue weighted by Crippen LogP contribution is -2.51. The number of carbonyl (C=O) groups excluding carboxylic acids is 1. The van der Waals surface area contributed by atoms with Gasteiger partial charge < -0.3 is 15.3 Å². The Hall–Kier alpha value is -1.39. The molecule has 1 amide bonds. The number of benzene rings is 1. The Bertz CT molecular complexity index is 502. The molecule has 0 aliphatic carbocycles. The van der Waals surface area contributed by atoms with Crippen LogP contribution in [0.2, 0.25) is 0 Å². The fourth-order valence-electron chi connectivity index (χ4n) is 3.10. The zero-order valence-corrected chi connectivity index (χ0v) is 13.9. The van der Waals surface area contributed by atoms with Crippen LogP contribution in [0.4, 0.5) is 0 Å². The van der Waals surface area contributed by atoms with Crippen molar-refractivity contribution >= 4 is 5.91 Å². The van der Waals surface area contributed by atoms with Crippen LogP contribution in [0.1, 0.15) is 38.3 Å². The van der Waals surface area contributed by atoms with Gasteiger partial charge in [0.2, 0.25) is 5.91 Å². The fraction of sp³-hybridized carbons (Fsp3) is 0.611. The molecule has 22 heavy (non-hydrogen) atoms. The first kappa shape index (κ1) is 17.0. The van der Waals surface area contributed by atoms with Crippen molar-refractivity contribution in [1.29, 1.82) is 0 Å². The van der Waals surface area contributed by atoms with Crippen LogP contribution in [-0.4, -0.2) is 41.1 Å². The maximum Gasteiger partial charge on any atom is 0.239 e. The number of aliphatic hydroxyl groups is 1. The predicted molar refractivity (Wildman–Crippen MR) is 88.5 cm³/mol. The first-order valence-electron chi connectivity index (χ1n) is 8.25. The Kier molecular flexibility index (Phi) is 5.98. The van der Waals surface area contributed by atoms with Crippen molar-refractivity contribution in [2.24, 2.45) is 5.92 Å². The van der Waals surface area contributed by atoms with Crippen LogP contribution >= 0.6 is 0 Å². The minimum atomic E-state index is -0.218. The molecule has 0 saturated carbocycles. The van der Waals surface area contributed by atoms with Gasteiger partial charge >= 0.3 is 0 Å². The monoisotopic (exact) mass is 304 g/mol. The molecule has 1 aromatic carbocycles. The van der Waals surface area contributed by atoms with Crippen molar-refractivity contribution < 1.29 is 9.90 Å². The molecule has 0 bridgehead atoms. The molecule has 4 heteroatoms. The highest BCUT2D eigenvalue weighted by molar-refractivity contribution is 5.81. The van der Waals surface area contributed by atoms with Crippen LogP contribution < -0.4 is 5.32 Å². The second-order valence-electron chi connectivity index (χ2n) is 6.53. The van der Waals surface area contributed by atoms with E-state index < -0.39 is 0 Å². The van der Waals surface area contributed by atoms with E-state index in [-0.39, 0.29) is 24.6 Å². The lowest BCUT2D eigenvalue weighted by atomic mass is 9.98. The minimum Gasteiger partial charge on any atom is -0.396 e. The van der Waals surface area contributed by atoms with Crippen LogP contribution in [0.3, 0.4) is 0 Å². The summed E-state index contributed by atoms with van der Waals surface area (Å²) in [5, 5.41) is 12.5. The summed E-state index contributed by atoms with van der Waals surface area (Å²) in [5.74, 6) is 0.544.